The van der Waals surface area contributed by atoms with E-state index in [1.54, 1.807) is 14.2 Å². The van der Waals surface area contributed by atoms with Gasteiger partial charge in [-0.3, -0.25) is 0 Å². The summed E-state index contributed by atoms with van der Waals surface area (Å²) in [6.45, 7) is 2.33. The van der Waals surface area contributed by atoms with Crippen molar-refractivity contribution >= 4 is 0 Å². The fraction of sp³-hybridized carbons (Fsp3) is 0.455. The van der Waals surface area contributed by atoms with Gasteiger partial charge in [-0.1, -0.05) is 6.07 Å². The van der Waals surface area contributed by atoms with Crippen LogP contribution in [0.1, 0.15) is 17.2 Å². The van der Waals surface area contributed by atoms with E-state index in [-0.39, 0.29) is 6.04 Å². The summed E-state index contributed by atoms with van der Waals surface area (Å²) >= 11 is 0. The van der Waals surface area contributed by atoms with Gasteiger partial charge in [0.05, 0.1) is 14.2 Å². The fourth-order valence-electron chi connectivity index (χ4n) is 1.61. The van der Waals surface area contributed by atoms with Gasteiger partial charge in [0.25, 0.3) is 0 Å². The second-order valence-corrected chi connectivity index (χ2v) is 3.36. The lowest BCUT2D eigenvalue weighted by molar-refractivity contribution is 0.383. The second-order valence-electron chi connectivity index (χ2n) is 3.36. The molecule has 0 aliphatic carbocycles. The molecule has 0 saturated carbocycles. The summed E-state index contributed by atoms with van der Waals surface area (Å²) in [5.74, 6) is 1.55. The quantitative estimate of drug-likeness (QED) is 0.777. The number of hydrogen-bond acceptors (Lipinski definition) is 4. The monoisotopic (exact) mass is 210 g/mol. The van der Waals surface area contributed by atoms with E-state index < -0.39 is 0 Å². The zero-order chi connectivity index (χ0) is 11.4. The zero-order valence-corrected chi connectivity index (χ0v) is 9.41. The van der Waals surface area contributed by atoms with Crippen molar-refractivity contribution in [1.82, 2.24) is 0 Å². The van der Waals surface area contributed by atoms with E-state index in [1.165, 1.54) is 0 Å². The minimum absolute atomic E-state index is 0.204. The largest absolute Gasteiger partial charge is 0.496 e. The molecule has 0 aromatic heterocycles. The van der Waals surface area contributed by atoms with E-state index in [2.05, 4.69) is 0 Å². The zero-order valence-electron chi connectivity index (χ0n) is 9.41. The first-order chi connectivity index (χ1) is 7.15. The number of nitrogens with two attached hydrogens (primary N) is 2. The molecular formula is C11H18N2O2. The summed E-state index contributed by atoms with van der Waals surface area (Å²) in [5.41, 5.74) is 13.3. The molecule has 1 atom stereocenters. The van der Waals surface area contributed by atoms with Crippen LogP contribution in [0.2, 0.25) is 0 Å². The molecule has 15 heavy (non-hydrogen) atoms. The molecule has 0 fully saturated rings. The molecule has 0 heterocycles. The maximum atomic E-state index is 5.89. The maximum absolute atomic E-state index is 5.89. The smallest absolute Gasteiger partial charge is 0.130 e. The molecule has 0 bridgehead atoms. The molecule has 1 unspecified atom stereocenters. The average molecular weight is 210 g/mol. The van der Waals surface area contributed by atoms with E-state index in [9.17, 15) is 0 Å². The first kappa shape index (κ1) is 11.8. The maximum Gasteiger partial charge on any atom is 0.130 e. The van der Waals surface area contributed by atoms with Gasteiger partial charge in [0.2, 0.25) is 0 Å². The predicted molar refractivity (Wildman–Crippen MR) is 60.3 cm³/mol. The Morgan fingerprint density at radius 3 is 2.40 bits per heavy atom. The highest BCUT2D eigenvalue weighted by atomic mass is 16.5. The van der Waals surface area contributed by atoms with Gasteiger partial charge in [0.15, 0.2) is 0 Å². The Hall–Kier alpha value is -1.26. The van der Waals surface area contributed by atoms with Crippen LogP contribution in [0.15, 0.2) is 12.1 Å². The lowest BCUT2D eigenvalue weighted by Gasteiger charge is -2.17. The third-order valence-corrected chi connectivity index (χ3v) is 2.46. The molecule has 4 N–H and O–H groups in total. The molecule has 1 aromatic carbocycles. The summed E-state index contributed by atoms with van der Waals surface area (Å²) in [4.78, 5) is 0. The normalized spacial score (nSPS) is 12.3. The molecule has 0 saturated heterocycles. The fourth-order valence-corrected chi connectivity index (χ4v) is 1.61. The Morgan fingerprint density at radius 1 is 1.27 bits per heavy atom. The van der Waals surface area contributed by atoms with E-state index in [4.69, 9.17) is 20.9 Å². The molecule has 0 aliphatic rings. The first-order valence-electron chi connectivity index (χ1n) is 4.82. The molecule has 0 radical (unpaired) electrons. The number of benzene rings is 1. The van der Waals surface area contributed by atoms with Crippen LogP contribution in [0, 0.1) is 6.92 Å². The summed E-state index contributed by atoms with van der Waals surface area (Å²) in [7, 11) is 3.25. The SMILES string of the molecule is COc1ccc(C(N)CN)c(OC)c1C. The van der Waals surface area contributed by atoms with Gasteiger partial charge in [-0.15, -0.1) is 0 Å². The summed E-state index contributed by atoms with van der Waals surface area (Å²) in [6, 6.07) is 3.56. The highest BCUT2D eigenvalue weighted by Gasteiger charge is 2.15. The topological polar surface area (TPSA) is 70.5 Å². The van der Waals surface area contributed by atoms with Crippen molar-refractivity contribution in [3.05, 3.63) is 23.3 Å². The van der Waals surface area contributed by atoms with E-state index in [0.717, 1.165) is 22.6 Å². The summed E-state index contributed by atoms with van der Waals surface area (Å²) in [5, 5.41) is 0. The van der Waals surface area contributed by atoms with Gasteiger partial charge in [-0.25, -0.2) is 0 Å². The highest BCUT2D eigenvalue weighted by molar-refractivity contribution is 5.50. The van der Waals surface area contributed by atoms with Crippen LogP contribution in [0.5, 0.6) is 11.5 Å². The molecule has 4 nitrogen and oxygen atoms in total. The molecule has 4 heteroatoms. The number of methoxy groups -OCH3 is 2. The van der Waals surface area contributed by atoms with Crippen molar-refractivity contribution in [2.45, 2.75) is 13.0 Å². The Labute approximate surface area is 90.2 Å². The van der Waals surface area contributed by atoms with Crippen molar-refractivity contribution < 1.29 is 9.47 Å². The minimum atomic E-state index is -0.204. The van der Waals surface area contributed by atoms with Gasteiger partial charge < -0.3 is 20.9 Å². The van der Waals surface area contributed by atoms with Crippen molar-refractivity contribution in [3.8, 4) is 11.5 Å². The van der Waals surface area contributed by atoms with Gasteiger partial charge in [0, 0.05) is 23.7 Å². The summed E-state index contributed by atoms with van der Waals surface area (Å²) < 4.78 is 10.5. The molecule has 1 aromatic rings. The van der Waals surface area contributed by atoms with Crippen LogP contribution >= 0.6 is 0 Å². The van der Waals surface area contributed by atoms with Crippen molar-refractivity contribution in [3.63, 3.8) is 0 Å². The molecule has 0 amide bonds. The van der Waals surface area contributed by atoms with Gasteiger partial charge in [-0.05, 0) is 13.0 Å². The van der Waals surface area contributed by atoms with Crippen LogP contribution in [0.25, 0.3) is 0 Å². The number of rotatable bonds is 4. The van der Waals surface area contributed by atoms with Gasteiger partial charge >= 0.3 is 0 Å². The van der Waals surface area contributed by atoms with Crippen molar-refractivity contribution in [2.24, 2.45) is 11.5 Å². The summed E-state index contributed by atoms with van der Waals surface area (Å²) in [6.07, 6.45) is 0. The van der Waals surface area contributed by atoms with Crippen molar-refractivity contribution in [2.75, 3.05) is 20.8 Å². The highest BCUT2D eigenvalue weighted by Crippen LogP contribution is 2.33. The van der Waals surface area contributed by atoms with Crippen LogP contribution in [0.4, 0.5) is 0 Å². The lowest BCUT2D eigenvalue weighted by Crippen LogP contribution is -2.21. The number of hydrogen-bond donors (Lipinski definition) is 2. The Bertz CT molecular complexity index is 340. The van der Waals surface area contributed by atoms with Gasteiger partial charge in [0.1, 0.15) is 11.5 Å². The molecule has 0 aliphatic heterocycles. The average Bonchev–Trinajstić information content (AvgIpc) is 2.27. The van der Waals surface area contributed by atoms with Crippen LogP contribution in [-0.4, -0.2) is 20.8 Å². The van der Waals surface area contributed by atoms with Crippen LogP contribution < -0.4 is 20.9 Å². The Kier molecular flexibility index (Phi) is 3.94. The predicted octanol–water partition coefficient (Wildman–Crippen LogP) is 0.971. The van der Waals surface area contributed by atoms with E-state index >= 15 is 0 Å². The lowest BCUT2D eigenvalue weighted by atomic mass is 10.0. The number of ether oxygens (including phenoxy) is 2. The van der Waals surface area contributed by atoms with Crippen LogP contribution in [-0.2, 0) is 0 Å². The van der Waals surface area contributed by atoms with E-state index in [0.29, 0.717) is 6.54 Å². The Balaban J connectivity index is 3.24. The van der Waals surface area contributed by atoms with Crippen molar-refractivity contribution in [1.29, 1.82) is 0 Å². The third-order valence-electron chi connectivity index (χ3n) is 2.46. The molecule has 84 valence electrons. The van der Waals surface area contributed by atoms with E-state index in [1.807, 2.05) is 19.1 Å². The molecular weight excluding hydrogens is 192 g/mol. The standard InChI is InChI=1S/C11H18N2O2/c1-7-10(14-2)5-4-8(9(13)6-12)11(7)15-3/h4-5,9H,6,12-13H2,1-3H3. The van der Waals surface area contributed by atoms with Crippen LogP contribution in [0.3, 0.4) is 0 Å². The van der Waals surface area contributed by atoms with Gasteiger partial charge in [-0.2, -0.15) is 0 Å². The minimum Gasteiger partial charge on any atom is -0.496 e. The Morgan fingerprint density at radius 2 is 1.93 bits per heavy atom. The third kappa shape index (κ3) is 2.22. The first-order valence-corrected chi connectivity index (χ1v) is 4.82. The molecule has 1 rings (SSSR count). The molecule has 0 spiro atoms. The second kappa shape index (κ2) is 5.00.